The second-order valence-electron chi connectivity index (χ2n) is 3.18. The number of nitrogens with one attached hydrogen (secondary N) is 1. The molecular weight excluding hydrogens is 266 g/mol. The first-order chi connectivity index (χ1) is 8.06. The molecule has 0 bridgehead atoms. The number of aromatic nitrogens is 2. The number of nitrogens with two attached hydrogens (primary N) is 1. The van der Waals surface area contributed by atoms with Gasteiger partial charge in [-0.3, -0.25) is 0 Å². The van der Waals surface area contributed by atoms with Crippen LogP contribution in [0.2, 0.25) is 10.0 Å². The minimum atomic E-state index is -0.533. The van der Waals surface area contributed by atoms with Gasteiger partial charge >= 0.3 is 0 Å². The molecule has 0 aliphatic carbocycles. The second kappa shape index (κ2) is 4.73. The zero-order valence-corrected chi connectivity index (χ0v) is 9.93. The summed E-state index contributed by atoms with van der Waals surface area (Å²) in [6.45, 7) is 0. The maximum Gasteiger partial charge on any atom is 0.222 e. The lowest BCUT2D eigenvalue weighted by Gasteiger charge is -2.07. The average molecular weight is 273 g/mol. The summed E-state index contributed by atoms with van der Waals surface area (Å²) in [6.07, 6.45) is 1.36. The molecule has 3 N–H and O–H groups in total. The largest absolute Gasteiger partial charge is 0.368 e. The predicted octanol–water partition coefficient (Wildman–Crippen LogP) is 3.25. The third kappa shape index (κ3) is 2.75. The quantitative estimate of drug-likeness (QED) is 0.881. The summed E-state index contributed by atoms with van der Waals surface area (Å²) in [6, 6.07) is 4.26. The van der Waals surface area contributed by atoms with Crippen LogP contribution >= 0.6 is 23.2 Å². The van der Waals surface area contributed by atoms with Crippen LogP contribution in [0.4, 0.5) is 21.8 Å². The molecule has 0 radical (unpaired) electrons. The van der Waals surface area contributed by atoms with E-state index in [1.165, 1.54) is 18.3 Å². The topological polar surface area (TPSA) is 63.8 Å². The summed E-state index contributed by atoms with van der Waals surface area (Å²) < 4.78 is 13.2. The first-order valence-corrected chi connectivity index (χ1v) is 5.32. The molecule has 7 heteroatoms. The molecule has 0 atom stereocenters. The molecule has 88 valence electrons. The van der Waals surface area contributed by atoms with E-state index in [0.717, 1.165) is 0 Å². The summed E-state index contributed by atoms with van der Waals surface area (Å²) in [7, 11) is 0. The van der Waals surface area contributed by atoms with Crippen molar-refractivity contribution in [2.24, 2.45) is 0 Å². The molecular formula is C10H7Cl2FN4. The number of nitrogens with zero attached hydrogens (tertiary/aromatic N) is 2. The van der Waals surface area contributed by atoms with Gasteiger partial charge < -0.3 is 11.1 Å². The fourth-order valence-electron chi connectivity index (χ4n) is 1.18. The van der Waals surface area contributed by atoms with E-state index in [1.54, 1.807) is 6.07 Å². The smallest absolute Gasteiger partial charge is 0.222 e. The van der Waals surface area contributed by atoms with Crippen molar-refractivity contribution in [3.63, 3.8) is 0 Å². The lowest BCUT2D eigenvalue weighted by atomic mass is 10.3. The van der Waals surface area contributed by atoms with Crippen molar-refractivity contribution in [1.29, 1.82) is 0 Å². The van der Waals surface area contributed by atoms with Crippen molar-refractivity contribution in [2.45, 2.75) is 0 Å². The van der Waals surface area contributed by atoms with Gasteiger partial charge in [0.15, 0.2) is 5.82 Å². The molecule has 0 saturated carbocycles. The molecule has 0 spiro atoms. The Hall–Kier alpha value is -1.59. The highest BCUT2D eigenvalue weighted by molar-refractivity contribution is 6.33. The highest BCUT2D eigenvalue weighted by Crippen LogP contribution is 2.25. The van der Waals surface area contributed by atoms with Crippen LogP contribution in [0.3, 0.4) is 0 Å². The number of hydrogen-bond acceptors (Lipinski definition) is 4. The van der Waals surface area contributed by atoms with Gasteiger partial charge in [-0.1, -0.05) is 23.2 Å². The Morgan fingerprint density at radius 3 is 2.71 bits per heavy atom. The third-order valence-electron chi connectivity index (χ3n) is 1.95. The van der Waals surface area contributed by atoms with E-state index in [2.05, 4.69) is 15.3 Å². The van der Waals surface area contributed by atoms with Crippen molar-refractivity contribution < 1.29 is 4.39 Å². The van der Waals surface area contributed by atoms with Crippen molar-refractivity contribution in [3.8, 4) is 0 Å². The van der Waals surface area contributed by atoms with Gasteiger partial charge in [0.25, 0.3) is 0 Å². The number of hydrogen-bond donors (Lipinski definition) is 2. The normalized spacial score (nSPS) is 10.3. The van der Waals surface area contributed by atoms with Crippen molar-refractivity contribution >= 4 is 40.7 Å². The molecule has 1 aromatic carbocycles. The summed E-state index contributed by atoms with van der Waals surface area (Å²) in [4.78, 5) is 7.60. The number of anilines is 3. The molecule has 4 nitrogen and oxygen atoms in total. The Morgan fingerprint density at radius 1 is 1.24 bits per heavy atom. The second-order valence-corrected chi connectivity index (χ2v) is 3.99. The van der Waals surface area contributed by atoms with Crippen LogP contribution in [0.1, 0.15) is 0 Å². The zero-order valence-electron chi connectivity index (χ0n) is 8.42. The maximum atomic E-state index is 13.2. The van der Waals surface area contributed by atoms with Crippen LogP contribution in [0.15, 0.2) is 24.4 Å². The molecule has 0 unspecified atom stereocenters. The Bertz CT molecular complexity index is 562. The van der Waals surface area contributed by atoms with E-state index in [1.807, 2.05) is 0 Å². The number of halogens is 3. The highest BCUT2D eigenvalue weighted by Gasteiger charge is 2.06. The molecule has 17 heavy (non-hydrogen) atoms. The van der Waals surface area contributed by atoms with Crippen LogP contribution < -0.4 is 11.1 Å². The molecule has 1 heterocycles. The number of rotatable bonds is 2. The van der Waals surface area contributed by atoms with Crippen LogP contribution in [0, 0.1) is 5.82 Å². The van der Waals surface area contributed by atoms with E-state index >= 15 is 0 Å². The third-order valence-corrected chi connectivity index (χ3v) is 2.53. The summed E-state index contributed by atoms with van der Waals surface area (Å²) in [5.41, 5.74) is 5.88. The van der Waals surface area contributed by atoms with Gasteiger partial charge in [-0.2, -0.15) is 4.98 Å². The molecule has 0 amide bonds. The summed E-state index contributed by atoms with van der Waals surface area (Å²) in [5, 5.41) is 3.15. The average Bonchev–Trinajstić information content (AvgIpc) is 2.29. The van der Waals surface area contributed by atoms with Crippen molar-refractivity contribution in [1.82, 2.24) is 9.97 Å². The molecule has 2 aromatic rings. The van der Waals surface area contributed by atoms with Crippen LogP contribution in [0.5, 0.6) is 0 Å². The molecule has 0 aliphatic heterocycles. The molecule has 1 aromatic heterocycles. The fraction of sp³-hybridized carbons (Fsp3) is 0. The SMILES string of the molecule is Nc1ncc(Cl)c(Nc2ccc(Cl)c(F)c2)n1. The Kier molecular flexibility index (Phi) is 3.31. The maximum absolute atomic E-state index is 13.2. The van der Waals surface area contributed by atoms with E-state index in [9.17, 15) is 4.39 Å². The van der Waals surface area contributed by atoms with Crippen LogP contribution in [0.25, 0.3) is 0 Å². The first-order valence-electron chi connectivity index (χ1n) is 4.56. The monoisotopic (exact) mass is 272 g/mol. The van der Waals surface area contributed by atoms with Crippen molar-refractivity contribution in [3.05, 3.63) is 40.3 Å². The molecule has 2 rings (SSSR count). The van der Waals surface area contributed by atoms with E-state index in [-0.39, 0.29) is 16.0 Å². The fourth-order valence-corrected chi connectivity index (χ4v) is 1.43. The van der Waals surface area contributed by atoms with Gasteiger partial charge in [0.1, 0.15) is 10.8 Å². The first kappa shape index (κ1) is 11.9. The van der Waals surface area contributed by atoms with E-state index in [4.69, 9.17) is 28.9 Å². The lowest BCUT2D eigenvalue weighted by molar-refractivity contribution is 0.629. The summed E-state index contributed by atoms with van der Waals surface area (Å²) >= 11 is 11.4. The van der Waals surface area contributed by atoms with Crippen molar-refractivity contribution in [2.75, 3.05) is 11.1 Å². The Labute approximate surface area is 107 Å². The van der Waals surface area contributed by atoms with Gasteiger partial charge in [0.05, 0.1) is 11.2 Å². The Morgan fingerprint density at radius 2 is 2.00 bits per heavy atom. The van der Waals surface area contributed by atoms with Gasteiger partial charge in [-0.05, 0) is 18.2 Å². The Balaban J connectivity index is 2.31. The van der Waals surface area contributed by atoms with E-state index in [0.29, 0.717) is 11.5 Å². The van der Waals surface area contributed by atoms with Crippen LogP contribution in [-0.2, 0) is 0 Å². The minimum Gasteiger partial charge on any atom is -0.368 e. The van der Waals surface area contributed by atoms with Crippen LogP contribution in [-0.4, -0.2) is 9.97 Å². The zero-order chi connectivity index (χ0) is 12.4. The number of nitrogen functional groups attached to an aromatic ring is 1. The van der Waals surface area contributed by atoms with Gasteiger partial charge in [-0.25, -0.2) is 9.37 Å². The molecule has 0 aliphatic rings. The van der Waals surface area contributed by atoms with E-state index < -0.39 is 5.82 Å². The highest BCUT2D eigenvalue weighted by atomic mass is 35.5. The lowest BCUT2D eigenvalue weighted by Crippen LogP contribution is -2.00. The summed E-state index contributed by atoms with van der Waals surface area (Å²) in [5.74, 6) is -0.151. The molecule has 0 fully saturated rings. The molecule has 0 saturated heterocycles. The van der Waals surface area contributed by atoms with Gasteiger partial charge in [-0.15, -0.1) is 0 Å². The standard InChI is InChI=1S/C10H7Cl2FN4/c11-6-2-1-5(3-8(6)13)16-9-7(12)4-15-10(14)17-9/h1-4H,(H3,14,15,16,17). The van der Waals surface area contributed by atoms with Gasteiger partial charge in [0, 0.05) is 5.69 Å². The predicted molar refractivity (Wildman–Crippen MR) is 66.1 cm³/mol. The number of benzene rings is 1. The minimum absolute atomic E-state index is 0.0452. The van der Waals surface area contributed by atoms with Gasteiger partial charge in [0.2, 0.25) is 5.95 Å².